The quantitative estimate of drug-likeness (QED) is 0.936. The van der Waals surface area contributed by atoms with Gasteiger partial charge < -0.3 is 14.8 Å². The standard InChI is InChI=1S/C16H21N3O2/c1-4-19-16(14(21-3)10-18-19)15-12-6-5-7-13(20-2)11(12)8-9-17-15/h5-7,10,15,17H,4,8-9H2,1-3H3. The molecule has 21 heavy (non-hydrogen) atoms. The van der Waals surface area contributed by atoms with Crippen molar-refractivity contribution >= 4 is 0 Å². The highest BCUT2D eigenvalue weighted by atomic mass is 16.5. The van der Waals surface area contributed by atoms with E-state index in [0.29, 0.717) is 0 Å². The lowest BCUT2D eigenvalue weighted by Gasteiger charge is -2.29. The minimum atomic E-state index is 0.0845. The van der Waals surface area contributed by atoms with Gasteiger partial charge in [0.2, 0.25) is 0 Å². The van der Waals surface area contributed by atoms with E-state index in [1.54, 1.807) is 20.4 Å². The van der Waals surface area contributed by atoms with Crippen molar-refractivity contribution in [3.05, 3.63) is 41.2 Å². The van der Waals surface area contributed by atoms with Crippen LogP contribution in [0.3, 0.4) is 0 Å². The summed E-state index contributed by atoms with van der Waals surface area (Å²) in [4.78, 5) is 0. The summed E-state index contributed by atoms with van der Waals surface area (Å²) >= 11 is 0. The third kappa shape index (κ3) is 2.27. The zero-order valence-electron chi connectivity index (χ0n) is 12.7. The highest BCUT2D eigenvalue weighted by Crippen LogP contribution is 2.37. The number of methoxy groups -OCH3 is 2. The predicted molar refractivity (Wildman–Crippen MR) is 81.0 cm³/mol. The van der Waals surface area contributed by atoms with Crippen LogP contribution >= 0.6 is 0 Å². The van der Waals surface area contributed by atoms with Crippen molar-refractivity contribution in [1.29, 1.82) is 0 Å². The van der Waals surface area contributed by atoms with E-state index in [4.69, 9.17) is 9.47 Å². The Morgan fingerprint density at radius 2 is 2.10 bits per heavy atom. The van der Waals surface area contributed by atoms with Crippen molar-refractivity contribution in [2.24, 2.45) is 0 Å². The van der Waals surface area contributed by atoms with Crippen LogP contribution in [-0.4, -0.2) is 30.5 Å². The molecule has 1 unspecified atom stereocenters. The van der Waals surface area contributed by atoms with Crippen molar-refractivity contribution < 1.29 is 9.47 Å². The zero-order chi connectivity index (χ0) is 14.8. The van der Waals surface area contributed by atoms with Crippen LogP contribution in [-0.2, 0) is 13.0 Å². The minimum absolute atomic E-state index is 0.0845. The van der Waals surface area contributed by atoms with Gasteiger partial charge in [0.1, 0.15) is 11.4 Å². The number of nitrogens with zero attached hydrogens (tertiary/aromatic N) is 2. The van der Waals surface area contributed by atoms with Gasteiger partial charge in [0.25, 0.3) is 0 Å². The lowest BCUT2D eigenvalue weighted by Crippen LogP contribution is -2.32. The maximum Gasteiger partial charge on any atom is 0.161 e. The summed E-state index contributed by atoms with van der Waals surface area (Å²) in [6, 6.07) is 6.30. The van der Waals surface area contributed by atoms with E-state index in [0.717, 1.165) is 36.7 Å². The van der Waals surface area contributed by atoms with Crippen LogP contribution in [0, 0.1) is 0 Å². The molecular formula is C16H21N3O2. The number of aryl methyl sites for hydroxylation is 1. The monoisotopic (exact) mass is 287 g/mol. The van der Waals surface area contributed by atoms with E-state index >= 15 is 0 Å². The minimum Gasteiger partial charge on any atom is -0.496 e. The largest absolute Gasteiger partial charge is 0.496 e. The Bertz CT molecular complexity index is 615. The molecule has 0 aliphatic carbocycles. The average molecular weight is 287 g/mol. The van der Waals surface area contributed by atoms with Crippen LogP contribution in [0.15, 0.2) is 24.4 Å². The highest BCUT2D eigenvalue weighted by molar-refractivity contribution is 5.48. The highest BCUT2D eigenvalue weighted by Gasteiger charge is 2.28. The topological polar surface area (TPSA) is 48.3 Å². The van der Waals surface area contributed by atoms with Gasteiger partial charge in [-0.2, -0.15) is 5.10 Å². The van der Waals surface area contributed by atoms with Crippen LogP contribution < -0.4 is 14.8 Å². The first kappa shape index (κ1) is 13.9. The van der Waals surface area contributed by atoms with Gasteiger partial charge >= 0.3 is 0 Å². The number of hydrogen-bond donors (Lipinski definition) is 1. The van der Waals surface area contributed by atoms with Gasteiger partial charge in [0, 0.05) is 18.7 Å². The second kappa shape index (κ2) is 5.77. The number of rotatable bonds is 4. The van der Waals surface area contributed by atoms with Crippen molar-refractivity contribution in [3.8, 4) is 11.5 Å². The molecule has 1 aromatic heterocycles. The molecule has 112 valence electrons. The summed E-state index contributed by atoms with van der Waals surface area (Å²) < 4.78 is 13.0. The number of nitrogens with one attached hydrogen (secondary N) is 1. The van der Waals surface area contributed by atoms with E-state index in [9.17, 15) is 0 Å². The zero-order valence-corrected chi connectivity index (χ0v) is 12.7. The fraction of sp³-hybridized carbons (Fsp3) is 0.438. The van der Waals surface area contributed by atoms with E-state index in [1.165, 1.54) is 11.1 Å². The Balaban J connectivity index is 2.13. The number of aromatic nitrogens is 2. The molecule has 2 aromatic rings. The molecule has 0 saturated carbocycles. The summed E-state index contributed by atoms with van der Waals surface area (Å²) in [7, 11) is 3.42. The second-order valence-electron chi connectivity index (χ2n) is 5.08. The van der Waals surface area contributed by atoms with Gasteiger partial charge in [0.05, 0.1) is 26.5 Å². The van der Waals surface area contributed by atoms with Crippen LogP contribution in [0.5, 0.6) is 11.5 Å². The van der Waals surface area contributed by atoms with Crippen molar-refractivity contribution in [2.75, 3.05) is 20.8 Å². The van der Waals surface area contributed by atoms with Gasteiger partial charge in [-0.05, 0) is 25.0 Å². The Hall–Kier alpha value is -2.01. The summed E-state index contributed by atoms with van der Waals surface area (Å²) in [5.41, 5.74) is 3.60. The van der Waals surface area contributed by atoms with Crippen molar-refractivity contribution in [3.63, 3.8) is 0 Å². The number of ether oxygens (including phenoxy) is 2. The smallest absolute Gasteiger partial charge is 0.161 e. The molecule has 0 spiro atoms. The summed E-state index contributed by atoms with van der Waals surface area (Å²) in [5, 5.41) is 8.00. The van der Waals surface area contributed by atoms with Crippen LogP contribution in [0.2, 0.25) is 0 Å². The number of fused-ring (bicyclic) bond motifs is 1. The van der Waals surface area contributed by atoms with Gasteiger partial charge in [0.15, 0.2) is 5.75 Å². The van der Waals surface area contributed by atoms with Gasteiger partial charge in [-0.25, -0.2) is 0 Å². The molecule has 5 nitrogen and oxygen atoms in total. The maximum atomic E-state index is 5.51. The summed E-state index contributed by atoms with van der Waals surface area (Å²) in [5.74, 6) is 1.78. The normalized spacial score (nSPS) is 17.4. The van der Waals surface area contributed by atoms with Crippen molar-refractivity contribution in [2.45, 2.75) is 25.9 Å². The first-order valence-electron chi connectivity index (χ1n) is 7.29. The van der Waals surface area contributed by atoms with E-state index in [2.05, 4.69) is 23.4 Å². The van der Waals surface area contributed by atoms with Gasteiger partial charge in [-0.3, -0.25) is 4.68 Å². The second-order valence-corrected chi connectivity index (χ2v) is 5.08. The van der Waals surface area contributed by atoms with E-state index < -0.39 is 0 Å². The summed E-state index contributed by atoms with van der Waals surface area (Å²) in [6.07, 6.45) is 2.76. The molecular weight excluding hydrogens is 266 g/mol. The fourth-order valence-corrected chi connectivity index (χ4v) is 3.09. The first-order chi connectivity index (χ1) is 10.3. The Morgan fingerprint density at radius 3 is 2.81 bits per heavy atom. The first-order valence-corrected chi connectivity index (χ1v) is 7.29. The molecule has 0 amide bonds. The molecule has 0 saturated heterocycles. The van der Waals surface area contributed by atoms with Crippen LogP contribution in [0.1, 0.15) is 29.8 Å². The lowest BCUT2D eigenvalue weighted by molar-refractivity contribution is 0.389. The molecule has 5 heteroatoms. The Kier molecular flexibility index (Phi) is 3.84. The Morgan fingerprint density at radius 1 is 1.29 bits per heavy atom. The lowest BCUT2D eigenvalue weighted by atomic mass is 9.91. The third-order valence-electron chi connectivity index (χ3n) is 4.06. The van der Waals surface area contributed by atoms with Gasteiger partial charge in [-0.15, -0.1) is 0 Å². The predicted octanol–water partition coefficient (Wildman–Crippen LogP) is 2.16. The summed E-state index contributed by atoms with van der Waals surface area (Å²) in [6.45, 7) is 3.82. The van der Waals surface area contributed by atoms with Gasteiger partial charge in [-0.1, -0.05) is 12.1 Å². The molecule has 2 heterocycles. The SMILES string of the molecule is CCn1ncc(OC)c1C1NCCc2c(OC)cccc21. The molecule has 0 radical (unpaired) electrons. The average Bonchev–Trinajstić information content (AvgIpc) is 2.96. The molecule has 0 bridgehead atoms. The van der Waals surface area contributed by atoms with E-state index in [-0.39, 0.29) is 6.04 Å². The van der Waals surface area contributed by atoms with E-state index in [1.807, 2.05) is 16.8 Å². The Labute approximate surface area is 124 Å². The molecule has 1 N–H and O–H groups in total. The fourth-order valence-electron chi connectivity index (χ4n) is 3.09. The molecule has 3 rings (SSSR count). The van der Waals surface area contributed by atoms with Crippen LogP contribution in [0.25, 0.3) is 0 Å². The van der Waals surface area contributed by atoms with Crippen molar-refractivity contribution in [1.82, 2.24) is 15.1 Å². The molecule has 0 fully saturated rings. The third-order valence-corrected chi connectivity index (χ3v) is 4.06. The molecule has 1 aliphatic rings. The number of hydrogen-bond acceptors (Lipinski definition) is 4. The molecule has 1 aromatic carbocycles. The molecule has 1 atom stereocenters. The maximum absolute atomic E-state index is 5.51. The molecule has 1 aliphatic heterocycles. The number of benzene rings is 1. The van der Waals surface area contributed by atoms with Crippen LogP contribution in [0.4, 0.5) is 0 Å².